The van der Waals surface area contributed by atoms with E-state index in [-0.39, 0.29) is 55.8 Å². The normalized spacial score (nSPS) is 12.9. The van der Waals surface area contributed by atoms with Crippen LogP contribution in [0.15, 0.2) is 201 Å². The van der Waals surface area contributed by atoms with E-state index in [0.717, 1.165) is 94.1 Å². The Balaban J connectivity index is 0.000000253. The van der Waals surface area contributed by atoms with Crippen LogP contribution in [0.25, 0.3) is 0 Å². The zero-order chi connectivity index (χ0) is 95.7. The van der Waals surface area contributed by atoms with Crippen molar-refractivity contribution in [1.82, 2.24) is 86.0 Å². The number of tetrazole rings is 3. The van der Waals surface area contributed by atoms with E-state index in [9.17, 15) is 64.6 Å². The maximum atomic E-state index is 16.8. The van der Waals surface area contributed by atoms with Gasteiger partial charge in [0.1, 0.15) is 101 Å². The molecule has 1 aliphatic heterocycles. The molecule has 6 aromatic heterocycles. The van der Waals surface area contributed by atoms with E-state index in [1.165, 1.54) is 91.0 Å². The summed E-state index contributed by atoms with van der Waals surface area (Å²) >= 11 is 0. The number of hydrogen-bond donors (Lipinski definition) is 4. The van der Waals surface area contributed by atoms with Crippen LogP contribution in [0.2, 0.25) is 0 Å². The van der Waals surface area contributed by atoms with Gasteiger partial charge in [-0.25, -0.2) is 63.1 Å². The number of imide groups is 1. The van der Waals surface area contributed by atoms with Crippen molar-refractivity contribution in [3.63, 3.8) is 0 Å². The molecule has 3 unspecified atom stereocenters. The molecular weight excluding hydrogens is 1810 g/mol. The van der Waals surface area contributed by atoms with Crippen LogP contribution in [0.4, 0.5) is 70.7 Å². The minimum absolute atomic E-state index is 0. The van der Waals surface area contributed by atoms with E-state index in [1.54, 1.807) is 27.7 Å². The van der Waals surface area contributed by atoms with Gasteiger partial charge in [-0.15, -0.1) is 32.8 Å². The monoisotopic (exact) mass is 1880 g/mol. The molecule has 1 aliphatic rings. The molecule has 12 aromatic rings. The Hall–Kier alpha value is -15.5. The molecule has 7 heterocycles. The number of benzene rings is 6. The number of carbonyl (C=O) groups is 6. The number of hydrogen-bond acceptors (Lipinski definition) is 25. The van der Waals surface area contributed by atoms with Gasteiger partial charge >= 0.3 is 54.7 Å². The van der Waals surface area contributed by atoms with E-state index in [0.29, 0.717) is 52.1 Å². The molecule has 1 saturated heterocycles. The van der Waals surface area contributed by atoms with Gasteiger partial charge < -0.3 is 35.2 Å². The first-order chi connectivity index (χ1) is 62.2. The number of hydroxylamine groups is 2. The molecule has 3 amide bonds. The Morgan fingerprint density at radius 2 is 0.767 bits per heavy atom. The summed E-state index contributed by atoms with van der Waals surface area (Å²) in [4.78, 5) is 85.6. The number of alkyl halides is 6. The van der Waals surface area contributed by atoms with Crippen molar-refractivity contribution in [1.29, 1.82) is 5.31 Å². The Morgan fingerprint density at radius 1 is 0.451 bits per heavy atom. The van der Waals surface area contributed by atoms with E-state index in [2.05, 4.69) is 115 Å². The number of nitrogens with zero attached hydrogens (tertiary/aromatic N) is 16. The molecule has 0 saturated carbocycles. The van der Waals surface area contributed by atoms with Crippen molar-refractivity contribution in [3.05, 3.63) is 321 Å². The van der Waals surface area contributed by atoms with Crippen LogP contribution in [0.5, 0.6) is 0 Å². The maximum absolute atomic E-state index is 16.8. The van der Waals surface area contributed by atoms with Gasteiger partial charge in [0.05, 0.1) is 26.2 Å². The van der Waals surface area contributed by atoms with E-state index >= 15 is 35.1 Å². The van der Waals surface area contributed by atoms with Crippen LogP contribution in [0.1, 0.15) is 122 Å². The van der Waals surface area contributed by atoms with E-state index < -0.39 is 195 Å². The van der Waals surface area contributed by atoms with Crippen molar-refractivity contribution in [2.24, 2.45) is 5.73 Å². The number of nitrogens with one attached hydrogen (secondary N) is 2. The molecule has 0 aliphatic carbocycles. The predicted octanol–water partition coefficient (Wildman–Crippen LogP) is 12.3. The van der Waals surface area contributed by atoms with Gasteiger partial charge in [-0.1, -0.05) is 49.9 Å². The average molecular weight is 1880 g/mol. The summed E-state index contributed by atoms with van der Waals surface area (Å²) in [7, 11) is 3.75. The quantitative estimate of drug-likeness (QED) is 0.0122. The number of esters is 2. The summed E-state index contributed by atoms with van der Waals surface area (Å²) in [5, 5.41) is 49.7. The van der Waals surface area contributed by atoms with Gasteiger partial charge in [0.2, 0.25) is 11.2 Å². The van der Waals surface area contributed by atoms with Crippen molar-refractivity contribution >= 4 is 55.9 Å². The molecule has 47 heteroatoms. The number of rotatable bonds is 22. The standard InChI is InChI=1S/C30H25F5N6O4.C25H17F5N6O2.C23H14F5N5O.C7H9NO4.CH4.BHN.ClH/c1-28(2,3)45-27(43)37-16-26(42)44-29(17-41-18-38-39-40-41,23-12-11-22(32)14-24(23)33)30(34,35)25-13-8-20(15-36-25)5-4-19-6-9-21(31)10-7-19;26-18-6-3-16(4-7-18)1-2-17-5-10-22(32-13-17)25(29,30)24(38-23(37)12-31,14-36-15-33-34-35-36)20-9-8-19(27)11-21(20)28;24-17-6-3-15(4-7-17)1-2-16-5-10-21(29-12-16)23(27,28)22(34,13-33-14-30-31-32-33)19-9-8-18(25)11-20(19)26;1-2-7(11)12-8-5(9)3-4-6(8)10;;1-2;/h6-15,18H,16-17H2,1-3H3,(H,37,43);3-11,13,15H,12,14,31H2;3-12,14,34H,13H2;2-4H2,1H3;1H4;2H;1H. The summed E-state index contributed by atoms with van der Waals surface area (Å²) in [6.45, 7) is 1.50. The topological polar surface area (TPSA) is 394 Å². The average Bonchev–Trinajstić information content (AvgIpc) is 0.886. The molecule has 0 bridgehead atoms. The molecule has 6 aromatic carbocycles. The van der Waals surface area contributed by atoms with Crippen LogP contribution in [0.3, 0.4) is 0 Å². The molecule has 1 fully saturated rings. The number of ether oxygens (including phenoxy) is 3. The second-order valence-electron chi connectivity index (χ2n) is 28.1. The molecule has 13 rings (SSSR count). The summed E-state index contributed by atoms with van der Waals surface area (Å²) in [5.74, 6) is -9.32. The summed E-state index contributed by atoms with van der Waals surface area (Å²) < 4.78 is 241. The third-order valence-electron chi connectivity index (χ3n) is 17.8. The zero-order valence-corrected chi connectivity index (χ0v) is 69.4. The van der Waals surface area contributed by atoms with Crippen molar-refractivity contribution in [2.75, 3.05) is 13.1 Å². The molecule has 30 nitrogen and oxygen atoms in total. The number of pyridine rings is 3. The SMILES string of the molecule is C.CC(C)(C)OC(=O)NCC(=O)OC(Cn1cnnn1)(c1ccc(F)cc1F)C(F)(F)c1ccc(C#Cc2ccc(F)cc2)cn1.CCC(=O)ON1C(=O)CCC1=O.Cl.NCC(=O)OC(Cn1cnnn1)(c1ccc(F)cc1F)C(F)(F)c1ccc(C#Cc2ccc(F)cc2)cn1.OC(Cn1cnnn1)(c1ccc(F)cc1F)C(F)(F)c1ccc(C#Cc2ccc(F)cc2)cn1.[B]=N. The summed E-state index contributed by atoms with van der Waals surface area (Å²) in [5.41, 5.74) is -8.62. The molecule has 0 spiro atoms. The Labute approximate surface area is 752 Å². The first-order valence-corrected chi connectivity index (χ1v) is 37.7. The fourth-order valence-corrected chi connectivity index (χ4v) is 11.6. The third kappa shape index (κ3) is 26.9. The van der Waals surface area contributed by atoms with Crippen molar-refractivity contribution < 1.29 is 119 Å². The number of nitrogens with two attached hydrogens (primary N) is 1. The van der Waals surface area contributed by atoms with Crippen LogP contribution in [0, 0.1) is 93.2 Å². The van der Waals surface area contributed by atoms with Crippen LogP contribution in [-0.4, -0.2) is 148 Å². The molecule has 133 heavy (non-hydrogen) atoms. The fraction of sp³-hybridized carbons (Fsp3) is 0.233. The van der Waals surface area contributed by atoms with Gasteiger partial charge in [-0.2, -0.15) is 26.3 Å². The van der Waals surface area contributed by atoms with Crippen LogP contribution in [-0.2, 0) is 97.2 Å². The second kappa shape index (κ2) is 46.2. The number of alkyl carbamates (subject to hydrolysis) is 1. The molecule has 691 valence electrons. The number of carbonyl (C=O) groups excluding carboxylic acids is 6. The Bertz CT molecular complexity index is 6190. The number of halogens is 16. The van der Waals surface area contributed by atoms with Crippen LogP contribution >= 0.6 is 12.4 Å². The Kier molecular flexibility index (Phi) is 36.3. The summed E-state index contributed by atoms with van der Waals surface area (Å²) in [6, 6.07) is 27.8. The molecule has 1 radical (unpaired) electrons. The molecule has 5 N–H and O–H groups in total. The minimum atomic E-state index is -4.35. The van der Waals surface area contributed by atoms with E-state index in [4.69, 9.17) is 25.3 Å². The van der Waals surface area contributed by atoms with Gasteiger partial charge in [-0.3, -0.25) is 34.1 Å². The number of aromatic nitrogens is 15. The molecule has 3 atom stereocenters. The van der Waals surface area contributed by atoms with Crippen molar-refractivity contribution in [2.45, 2.75) is 114 Å². The van der Waals surface area contributed by atoms with Gasteiger partial charge in [0, 0.05) is 106 Å². The third-order valence-corrected chi connectivity index (χ3v) is 17.8. The second-order valence-corrected chi connectivity index (χ2v) is 28.1. The van der Waals surface area contributed by atoms with E-state index in [1.807, 2.05) is 0 Å². The first kappa shape index (κ1) is 105. The zero-order valence-electron chi connectivity index (χ0n) is 68.6. The first-order valence-electron chi connectivity index (χ1n) is 37.7. The number of aliphatic hydroxyl groups is 1. The molecular formula is C86H71BClF15N19O11. The van der Waals surface area contributed by atoms with Crippen molar-refractivity contribution in [3.8, 4) is 35.5 Å². The van der Waals surface area contributed by atoms with Gasteiger partial charge in [0.25, 0.3) is 11.8 Å². The van der Waals surface area contributed by atoms with Gasteiger partial charge in [0.15, 0.2) is 5.60 Å². The fourth-order valence-electron chi connectivity index (χ4n) is 11.6. The summed E-state index contributed by atoms with van der Waals surface area (Å²) in [6.07, 6.45) is 5.29. The Morgan fingerprint density at radius 3 is 1.08 bits per heavy atom. The number of amides is 3. The van der Waals surface area contributed by atoms with Gasteiger partial charge in [-0.05, 0) is 198 Å². The van der Waals surface area contributed by atoms with Crippen LogP contribution < -0.4 is 11.1 Å². The predicted molar refractivity (Wildman–Crippen MR) is 437 cm³/mol.